The van der Waals surface area contributed by atoms with E-state index in [0.29, 0.717) is 5.88 Å². The maximum Gasteiger partial charge on any atom is 0.163 e. The van der Waals surface area contributed by atoms with Gasteiger partial charge in [-0.1, -0.05) is 18.2 Å². The highest BCUT2D eigenvalue weighted by molar-refractivity contribution is 8.01. The Morgan fingerprint density at radius 1 is 1.23 bits per heavy atom. The van der Waals surface area contributed by atoms with Gasteiger partial charge in [-0.2, -0.15) is 0 Å². The van der Waals surface area contributed by atoms with E-state index in [1.165, 1.54) is 0 Å². The first-order chi connectivity index (χ1) is 10.8. The molecule has 0 amide bonds. The second-order valence-electron chi connectivity index (χ2n) is 4.95. The minimum absolute atomic E-state index is 0.0542. The number of rotatable bonds is 5. The van der Waals surface area contributed by atoms with Gasteiger partial charge in [0.15, 0.2) is 5.44 Å². The topological polar surface area (TPSA) is 21.7 Å². The summed E-state index contributed by atoms with van der Waals surface area (Å²) in [6.07, 6.45) is 1.84. The molecule has 0 saturated carbocycles. The largest absolute Gasteiger partial charge is 0.497 e. The lowest BCUT2D eigenvalue weighted by atomic mass is 10.2. The Morgan fingerprint density at radius 3 is 2.77 bits per heavy atom. The molecule has 0 fully saturated rings. The number of methoxy groups -OCH3 is 1. The fourth-order valence-corrected chi connectivity index (χ4v) is 3.66. The van der Waals surface area contributed by atoms with E-state index >= 15 is 0 Å². The summed E-state index contributed by atoms with van der Waals surface area (Å²) in [5.41, 5.74) is 2.23. The van der Waals surface area contributed by atoms with Gasteiger partial charge < -0.3 is 9.47 Å². The summed E-state index contributed by atoms with van der Waals surface area (Å²) in [4.78, 5) is 0. The second kappa shape index (κ2) is 7.16. The smallest absolute Gasteiger partial charge is 0.163 e. The first-order valence-corrected chi connectivity index (χ1v) is 8.61. The molecule has 1 unspecified atom stereocenters. The predicted octanol–water partition coefficient (Wildman–Crippen LogP) is 5.22. The van der Waals surface area contributed by atoms with Gasteiger partial charge in [0.1, 0.15) is 11.5 Å². The van der Waals surface area contributed by atoms with Gasteiger partial charge in [-0.15, -0.1) is 11.6 Å². The zero-order valence-electron chi connectivity index (χ0n) is 12.4. The van der Waals surface area contributed by atoms with Crippen LogP contribution in [0.15, 0.2) is 48.5 Å². The van der Waals surface area contributed by atoms with Crippen molar-refractivity contribution in [2.75, 3.05) is 17.3 Å². The predicted molar refractivity (Wildman–Crippen MR) is 93.5 cm³/mol. The monoisotopic (exact) mass is 335 g/mol. The molecule has 0 N–H and O–H groups in total. The Bertz CT molecular complexity index is 623. The third-order valence-corrected chi connectivity index (χ3v) is 4.88. The van der Waals surface area contributed by atoms with Crippen LogP contribution in [0.3, 0.4) is 0 Å². The summed E-state index contributed by atoms with van der Waals surface area (Å²) in [6.45, 7) is 0. The summed E-state index contributed by atoms with van der Waals surface area (Å²) in [5, 5.41) is 0. The molecule has 0 aromatic heterocycles. The fraction of sp³-hybridized carbons (Fsp3) is 0.294. The molecule has 2 aromatic carbocycles. The fourth-order valence-electron chi connectivity index (χ4n) is 2.34. The quantitative estimate of drug-likeness (QED) is 0.551. The van der Waals surface area contributed by atoms with E-state index in [0.717, 1.165) is 35.7 Å². The van der Waals surface area contributed by atoms with Gasteiger partial charge in [0.05, 0.1) is 18.5 Å². The first kappa shape index (κ1) is 15.4. The van der Waals surface area contributed by atoms with Crippen LogP contribution < -0.4 is 13.8 Å². The summed E-state index contributed by atoms with van der Waals surface area (Å²) in [6, 6.07) is 16.2. The third-order valence-electron chi connectivity index (χ3n) is 3.43. The molecule has 0 radical (unpaired) electrons. The van der Waals surface area contributed by atoms with Crippen molar-refractivity contribution in [3.8, 4) is 11.5 Å². The highest BCUT2D eigenvalue weighted by atomic mass is 35.5. The molecule has 1 atom stereocenters. The molecule has 1 aliphatic rings. The molecule has 1 heterocycles. The number of halogens is 1. The number of para-hydroxylation sites is 1. The van der Waals surface area contributed by atoms with Crippen molar-refractivity contribution in [1.82, 2.24) is 0 Å². The minimum atomic E-state index is 0.0542. The normalized spacial score (nSPS) is 16.8. The van der Waals surface area contributed by atoms with E-state index in [-0.39, 0.29) is 5.44 Å². The number of fused-ring (bicyclic) bond motifs is 1. The third kappa shape index (κ3) is 3.28. The van der Waals surface area contributed by atoms with Gasteiger partial charge in [-0.25, -0.2) is 0 Å². The van der Waals surface area contributed by atoms with Gasteiger partial charge in [-0.05, 0) is 37.1 Å². The number of hydrogen-bond acceptors (Lipinski definition) is 4. The molecule has 3 nitrogen and oxygen atoms in total. The molecule has 22 heavy (non-hydrogen) atoms. The molecule has 5 heteroatoms. The molecular weight excluding hydrogens is 318 g/mol. The molecule has 2 aromatic rings. The minimum Gasteiger partial charge on any atom is -0.497 e. The molecule has 3 rings (SSSR count). The maximum atomic E-state index is 6.11. The number of benzene rings is 2. The Morgan fingerprint density at radius 2 is 2.05 bits per heavy atom. The summed E-state index contributed by atoms with van der Waals surface area (Å²) >= 11 is 7.52. The van der Waals surface area contributed by atoms with Crippen molar-refractivity contribution >= 4 is 34.9 Å². The summed E-state index contributed by atoms with van der Waals surface area (Å²) in [5.74, 6) is 2.30. The molecule has 1 aliphatic heterocycles. The van der Waals surface area contributed by atoms with E-state index in [9.17, 15) is 0 Å². The van der Waals surface area contributed by atoms with Crippen LogP contribution >= 0.6 is 23.5 Å². The van der Waals surface area contributed by atoms with Gasteiger partial charge in [0.2, 0.25) is 0 Å². The van der Waals surface area contributed by atoms with E-state index in [4.69, 9.17) is 21.1 Å². The van der Waals surface area contributed by atoms with E-state index in [2.05, 4.69) is 16.4 Å². The average molecular weight is 336 g/mol. The van der Waals surface area contributed by atoms with Crippen LogP contribution in [-0.4, -0.2) is 18.4 Å². The van der Waals surface area contributed by atoms with Crippen molar-refractivity contribution in [2.45, 2.75) is 18.3 Å². The van der Waals surface area contributed by atoms with Crippen LogP contribution in [0.2, 0.25) is 0 Å². The van der Waals surface area contributed by atoms with E-state index in [1.54, 1.807) is 19.1 Å². The maximum absolute atomic E-state index is 6.11. The highest BCUT2D eigenvalue weighted by Crippen LogP contribution is 2.47. The van der Waals surface area contributed by atoms with Crippen LogP contribution in [0.4, 0.5) is 11.4 Å². The highest BCUT2D eigenvalue weighted by Gasteiger charge is 2.28. The van der Waals surface area contributed by atoms with Crippen molar-refractivity contribution in [3.63, 3.8) is 0 Å². The van der Waals surface area contributed by atoms with Crippen molar-refractivity contribution in [2.24, 2.45) is 0 Å². The van der Waals surface area contributed by atoms with Crippen LogP contribution in [0.5, 0.6) is 11.5 Å². The van der Waals surface area contributed by atoms with Crippen LogP contribution in [0.25, 0.3) is 0 Å². The summed E-state index contributed by atoms with van der Waals surface area (Å²) < 4.78 is 13.6. The van der Waals surface area contributed by atoms with E-state index in [1.807, 2.05) is 36.4 Å². The zero-order valence-corrected chi connectivity index (χ0v) is 13.9. The zero-order chi connectivity index (χ0) is 15.4. The lowest BCUT2D eigenvalue weighted by molar-refractivity contribution is 0.272. The average Bonchev–Trinajstić information content (AvgIpc) is 2.59. The summed E-state index contributed by atoms with van der Waals surface area (Å²) in [7, 11) is 1.67. The SMILES string of the molecule is COc1ccc2c(c1)OC(CCCCl)SN2c1ccccc1. The van der Waals surface area contributed by atoms with Crippen molar-refractivity contribution in [3.05, 3.63) is 48.5 Å². The van der Waals surface area contributed by atoms with Gasteiger partial charge in [-0.3, -0.25) is 4.31 Å². The molecule has 0 aliphatic carbocycles. The van der Waals surface area contributed by atoms with Gasteiger partial charge in [0, 0.05) is 23.9 Å². The second-order valence-corrected chi connectivity index (χ2v) is 6.43. The molecule has 0 spiro atoms. The lowest BCUT2D eigenvalue weighted by Crippen LogP contribution is -2.25. The number of hydrogen-bond donors (Lipinski definition) is 0. The number of ether oxygens (including phenoxy) is 2. The molecule has 0 saturated heterocycles. The lowest BCUT2D eigenvalue weighted by Gasteiger charge is -2.35. The van der Waals surface area contributed by atoms with Crippen molar-refractivity contribution in [1.29, 1.82) is 0 Å². The Labute approximate surface area is 140 Å². The number of alkyl halides is 1. The Hall–Kier alpha value is -1.52. The standard InChI is InChI=1S/C17H18ClNO2S/c1-20-14-9-10-15-16(12-14)21-17(8-5-11-18)22-19(15)13-6-3-2-4-7-13/h2-4,6-7,9-10,12,17H,5,8,11H2,1H3. The van der Waals surface area contributed by atoms with Crippen LogP contribution in [0, 0.1) is 0 Å². The molecule has 116 valence electrons. The number of nitrogens with zero attached hydrogens (tertiary/aromatic N) is 1. The van der Waals surface area contributed by atoms with Gasteiger partial charge >= 0.3 is 0 Å². The number of anilines is 2. The first-order valence-electron chi connectivity index (χ1n) is 7.24. The van der Waals surface area contributed by atoms with Crippen molar-refractivity contribution < 1.29 is 9.47 Å². The Balaban J connectivity index is 1.95. The van der Waals surface area contributed by atoms with Crippen LogP contribution in [-0.2, 0) is 0 Å². The molecular formula is C17H18ClNO2S. The van der Waals surface area contributed by atoms with E-state index < -0.39 is 0 Å². The van der Waals surface area contributed by atoms with Crippen LogP contribution in [0.1, 0.15) is 12.8 Å². The van der Waals surface area contributed by atoms with Gasteiger partial charge in [0.25, 0.3) is 0 Å². The Kier molecular flexibility index (Phi) is 5.01. The molecule has 0 bridgehead atoms.